The predicted molar refractivity (Wildman–Crippen MR) is 106 cm³/mol. The van der Waals surface area contributed by atoms with Crippen LogP contribution in [-0.4, -0.2) is 59.2 Å². The molecule has 0 bridgehead atoms. The van der Waals surface area contributed by atoms with Crippen LogP contribution < -0.4 is 20.1 Å². The lowest BCUT2D eigenvalue weighted by Crippen LogP contribution is -2.33. The van der Waals surface area contributed by atoms with E-state index in [0.717, 1.165) is 55.1 Å². The summed E-state index contributed by atoms with van der Waals surface area (Å²) in [7, 11) is 1.69. The van der Waals surface area contributed by atoms with Crippen molar-refractivity contribution in [2.45, 2.75) is 25.7 Å². The van der Waals surface area contributed by atoms with Crippen LogP contribution in [0.1, 0.15) is 25.7 Å². The predicted octanol–water partition coefficient (Wildman–Crippen LogP) is 2.67. The Morgan fingerprint density at radius 3 is 2.85 bits per heavy atom. The van der Waals surface area contributed by atoms with Gasteiger partial charge in [-0.3, -0.25) is 4.99 Å². The molecule has 0 amide bonds. The number of fused-ring (bicyclic) bond motifs is 1. The van der Waals surface area contributed by atoms with Crippen molar-refractivity contribution in [3.05, 3.63) is 18.2 Å². The molecule has 7 heteroatoms. The standard InChI is InChI=1S/C20H31N3O4/c1-24-13-9-22-20(21-8-2-10-25-15-16-4-5-16)23-17-6-7-18-19(14-17)27-12-3-11-26-18/h6-7,14,16H,2-5,8-13,15H2,1H3,(H2,21,22,23). The fourth-order valence-corrected chi connectivity index (χ4v) is 2.68. The fourth-order valence-electron chi connectivity index (χ4n) is 2.68. The normalized spacial score (nSPS) is 16.7. The van der Waals surface area contributed by atoms with Gasteiger partial charge in [0.25, 0.3) is 0 Å². The average molecular weight is 377 g/mol. The molecular weight excluding hydrogens is 346 g/mol. The number of hydrogen-bond acceptors (Lipinski definition) is 5. The van der Waals surface area contributed by atoms with Crippen molar-refractivity contribution in [1.82, 2.24) is 5.32 Å². The summed E-state index contributed by atoms with van der Waals surface area (Å²) in [5.41, 5.74) is 0.910. The monoisotopic (exact) mass is 377 g/mol. The van der Waals surface area contributed by atoms with Gasteiger partial charge in [-0.25, -0.2) is 0 Å². The highest BCUT2D eigenvalue weighted by atomic mass is 16.5. The smallest absolute Gasteiger partial charge is 0.195 e. The summed E-state index contributed by atoms with van der Waals surface area (Å²) in [4.78, 5) is 4.64. The highest BCUT2D eigenvalue weighted by Crippen LogP contribution is 2.32. The minimum atomic E-state index is 0.617. The van der Waals surface area contributed by atoms with Gasteiger partial charge in [0.1, 0.15) is 0 Å². The SMILES string of the molecule is COCCNC(=NCCCOCC1CC1)Nc1ccc2c(c1)OCCCO2. The third-order valence-corrected chi connectivity index (χ3v) is 4.38. The lowest BCUT2D eigenvalue weighted by atomic mass is 10.3. The topological polar surface area (TPSA) is 73.3 Å². The van der Waals surface area contributed by atoms with Crippen molar-refractivity contribution >= 4 is 11.6 Å². The molecule has 1 saturated carbocycles. The van der Waals surface area contributed by atoms with Gasteiger partial charge >= 0.3 is 0 Å². The van der Waals surface area contributed by atoms with E-state index in [4.69, 9.17) is 18.9 Å². The van der Waals surface area contributed by atoms with Crippen molar-refractivity contribution < 1.29 is 18.9 Å². The average Bonchev–Trinajstić information content (AvgIpc) is 3.51. The van der Waals surface area contributed by atoms with E-state index >= 15 is 0 Å². The van der Waals surface area contributed by atoms with Crippen molar-refractivity contribution in [2.24, 2.45) is 10.9 Å². The van der Waals surface area contributed by atoms with Crippen LogP contribution in [0.25, 0.3) is 0 Å². The lowest BCUT2D eigenvalue weighted by molar-refractivity contribution is 0.123. The van der Waals surface area contributed by atoms with Crippen LogP contribution in [0, 0.1) is 5.92 Å². The molecule has 150 valence electrons. The number of hydrogen-bond donors (Lipinski definition) is 2. The van der Waals surface area contributed by atoms with Crippen LogP contribution in [0.2, 0.25) is 0 Å². The Balaban J connectivity index is 1.51. The maximum atomic E-state index is 5.76. The second-order valence-corrected chi connectivity index (χ2v) is 6.86. The zero-order valence-electron chi connectivity index (χ0n) is 16.2. The molecule has 0 aromatic heterocycles. The second-order valence-electron chi connectivity index (χ2n) is 6.86. The Bertz CT molecular complexity index is 605. The summed E-state index contributed by atoms with van der Waals surface area (Å²) in [6.07, 6.45) is 4.45. The highest BCUT2D eigenvalue weighted by Gasteiger charge is 2.20. The number of rotatable bonds is 10. The van der Waals surface area contributed by atoms with Crippen LogP contribution in [0.5, 0.6) is 11.5 Å². The molecule has 1 aromatic rings. The molecule has 0 atom stereocenters. The minimum Gasteiger partial charge on any atom is -0.490 e. The Hall–Kier alpha value is -1.99. The first-order valence-electron chi connectivity index (χ1n) is 9.87. The maximum Gasteiger partial charge on any atom is 0.195 e. The number of ether oxygens (including phenoxy) is 4. The molecule has 1 aliphatic heterocycles. The van der Waals surface area contributed by atoms with Crippen LogP contribution in [-0.2, 0) is 9.47 Å². The van der Waals surface area contributed by atoms with Crippen LogP contribution in [0.15, 0.2) is 23.2 Å². The van der Waals surface area contributed by atoms with E-state index in [0.29, 0.717) is 32.9 Å². The molecule has 0 radical (unpaired) electrons. The van der Waals surface area contributed by atoms with E-state index in [1.165, 1.54) is 12.8 Å². The number of guanidine groups is 1. The summed E-state index contributed by atoms with van der Waals surface area (Å²) in [5, 5.41) is 6.62. The van der Waals surface area contributed by atoms with Gasteiger partial charge in [-0.15, -0.1) is 0 Å². The van der Waals surface area contributed by atoms with Crippen LogP contribution in [0.3, 0.4) is 0 Å². The number of nitrogens with zero attached hydrogens (tertiary/aromatic N) is 1. The first-order valence-corrected chi connectivity index (χ1v) is 9.87. The number of benzene rings is 1. The van der Waals surface area contributed by atoms with E-state index < -0.39 is 0 Å². The number of methoxy groups -OCH3 is 1. The van der Waals surface area contributed by atoms with Gasteiger partial charge in [0, 0.05) is 51.6 Å². The van der Waals surface area contributed by atoms with Crippen LogP contribution >= 0.6 is 0 Å². The Morgan fingerprint density at radius 2 is 2.04 bits per heavy atom. The van der Waals surface area contributed by atoms with E-state index in [1.807, 2.05) is 18.2 Å². The van der Waals surface area contributed by atoms with E-state index in [2.05, 4.69) is 15.6 Å². The van der Waals surface area contributed by atoms with Crippen molar-refractivity contribution in [2.75, 3.05) is 58.6 Å². The molecule has 27 heavy (non-hydrogen) atoms. The van der Waals surface area contributed by atoms with Gasteiger partial charge in [-0.05, 0) is 37.3 Å². The van der Waals surface area contributed by atoms with Gasteiger partial charge in [0.2, 0.25) is 0 Å². The number of anilines is 1. The first-order chi connectivity index (χ1) is 13.3. The molecule has 2 aliphatic rings. The molecule has 0 saturated heterocycles. The molecule has 1 aliphatic carbocycles. The lowest BCUT2D eigenvalue weighted by Gasteiger charge is -2.14. The largest absolute Gasteiger partial charge is 0.490 e. The Morgan fingerprint density at radius 1 is 1.19 bits per heavy atom. The molecule has 1 fully saturated rings. The van der Waals surface area contributed by atoms with E-state index in [-0.39, 0.29) is 0 Å². The quantitative estimate of drug-likeness (QED) is 0.371. The number of aliphatic imine (C=N–C) groups is 1. The Kier molecular flexibility index (Phi) is 8.04. The summed E-state index contributed by atoms with van der Waals surface area (Å²) in [6, 6.07) is 5.86. The molecule has 1 aromatic carbocycles. The van der Waals surface area contributed by atoms with Crippen LogP contribution in [0.4, 0.5) is 5.69 Å². The molecule has 1 heterocycles. The molecule has 2 N–H and O–H groups in total. The minimum absolute atomic E-state index is 0.617. The summed E-state index contributed by atoms with van der Waals surface area (Å²) < 4.78 is 22.2. The van der Waals surface area contributed by atoms with Crippen molar-refractivity contribution in [3.63, 3.8) is 0 Å². The number of nitrogens with one attached hydrogen (secondary N) is 2. The van der Waals surface area contributed by atoms with E-state index in [9.17, 15) is 0 Å². The van der Waals surface area contributed by atoms with Gasteiger partial charge in [-0.1, -0.05) is 0 Å². The molecular formula is C20H31N3O4. The summed E-state index contributed by atoms with van der Waals surface area (Å²) >= 11 is 0. The molecule has 0 spiro atoms. The highest BCUT2D eigenvalue weighted by molar-refractivity contribution is 5.93. The second kappa shape index (κ2) is 11.0. The zero-order chi connectivity index (χ0) is 18.7. The van der Waals surface area contributed by atoms with Gasteiger partial charge < -0.3 is 29.6 Å². The molecule has 3 rings (SSSR count). The Labute approximate surface area is 161 Å². The van der Waals surface area contributed by atoms with Crippen molar-refractivity contribution in [3.8, 4) is 11.5 Å². The fraction of sp³-hybridized carbons (Fsp3) is 0.650. The third-order valence-electron chi connectivity index (χ3n) is 4.38. The van der Waals surface area contributed by atoms with Crippen molar-refractivity contribution in [1.29, 1.82) is 0 Å². The van der Waals surface area contributed by atoms with E-state index in [1.54, 1.807) is 7.11 Å². The van der Waals surface area contributed by atoms with Gasteiger partial charge in [0.05, 0.1) is 19.8 Å². The molecule has 7 nitrogen and oxygen atoms in total. The summed E-state index contributed by atoms with van der Waals surface area (Å²) in [5.74, 6) is 3.09. The van der Waals surface area contributed by atoms with Gasteiger partial charge in [0.15, 0.2) is 17.5 Å². The molecule has 0 unspecified atom stereocenters. The van der Waals surface area contributed by atoms with Gasteiger partial charge in [-0.2, -0.15) is 0 Å². The third kappa shape index (κ3) is 7.27. The summed E-state index contributed by atoms with van der Waals surface area (Å²) in [6.45, 7) is 5.03. The maximum absolute atomic E-state index is 5.76. The zero-order valence-corrected chi connectivity index (χ0v) is 16.2. The first kappa shape index (κ1) is 19.8.